The second kappa shape index (κ2) is 13.5. The van der Waals surface area contributed by atoms with Crippen molar-refractivity contribution >= 4 is 51.0 Å². The van der Waals surface area contributed by atoms with Crippen LogP contribution < -0.4 is 10.0 Å². The zero-order valence-electron chi connectivity index (χ0n) is 23.1. The van der Waals surface area contributed by atoms with Crippen LogP contribution in [0.4, 0.5) is 0 Å². The summed E-state index contributed by atoms with van der Waals surface area (Å²) < 4.78 is 32.3. The largest absolute Gasteiger partial charge is 0.466 e. The molecular formula is C29H35Cl2N3O6S. The van der Waals surface area contributed by atoms with Crippen molar-refractivity contribution in [2.45, 2.75) is 69.5 Å². The number of carbonyl (C=O) groups excluding carboxylic acids is 3. The van der Waals surface area contributed by atoms with Gasteiger partial charge in [0.05, 0.1) is 24.8 Å². The van der Waals surface area contributed by atoms with E-state index >= 15 is 0 Å². The van der Waals surface area contributed by atoms with Crippen LogP contribution in [-0.2, 0) is 24.3 Å². The zero-order valence-corrected chi connectivity index (χ0v) is 25.4. The van der Waals surface area contributed by atoms with E-state index in [1.54, 1.807) is 54.3 Å². The van der Waals surface area contributed by atoms with Crippen molar-refractivity contribution < 1.29 is 27.5 Å². The predicted molar refractivity (Wildman–Crippen MR) is 157 cm³/mol. The van der Waals surface area contributed by atoms with Gasteiger partial charge in [-0.3, -0.25) is 14.4 Å². The average Bonchev–Trinajstić information content (AvgIpc) is 2.91. The number of rotatable bonds is 10. The van der Waals surface area contributed by atoms with Crippen molar-refractivity contribution in [2.24, 2.45) is 0 Å². The van der Waals surface area contributed by atoms with Crippen LogP contribution in [0, 0.1) is 0 Å². The first-order valence-electron chi connectivity index (χ1n) is 13.8. The van der Waals surface area contributed by atoms with Crippen LogP contribution >= 0.6 is 23.2 Å². The topological polar surface area (TPSA) is 122 Å². The Labute approximate surface area is 251 Å². The molecule has 4 atom stereocenters. The molecule has 2 aliphatic rings. The van der Waals surface area contributed by atoms with E-state index in [9.17, 15) is 22.8 Å². The number of hydrogen-bond donors (Lipinski definition) is 2. The molecule has 0 bridgehead atoms. The van der Waals surface area contributed by atoms with E-state index in [2.05, 4.69) is 10.0 Å². The van der Waals surface area contributed by atoms with Crippen molar-refractivity contribution in [3.63, 3.8) is 0 Å². The molecule has 0 spiro atoms. The SMILES string of the molecule is CCOC(=O)CCCNC(=O)[C@@H]1c2ccccc2C(=O)N([C@H]2CCCC[C@@H]2NS(C)(=O)=O)[C@H]1c1ccc(Cl)cc1Cl. The molecule has 222 valence electrons. The number of esters is 1. The fourth-order valence-electron chi connectivity index (χ4n) is 5.92. The van der Waals surface area contributed by atoms with Crippen LogP contribution in [0.2, 0.25) is 10.0 Å². The monoisotopic (exact) mass is 623 g/mol. The van der Waals surface area contributed by atoms with Crippen LogP contribution in [0.5, 0.6) is 0 Å². The third kappa shape index (κ3) is 7.41. The summed E-state index contributed by atoms with van der Waals surface area (Å²) in [5, 5.41) is 3.64. The molecule has 2 N–H and O–H groups in total. The van der Waals surface area contributed by atoms with Gasteiger partial charge in [-0.25, -0.2) is 13.1 Å². The number of nitrogens with one attached hydrogen (secondary N) is 2. The third-order valence-electron chi connectivity index (χ3n) is 7.55. The minimum atomic E-state index is -3.57. The van der Waals surface area contributed by atoms with Crippen molar-refractivity contribution in [3.05, 3.63) is 69.2 Å². The van der Waals surface area contributed by atoms with Crippen molar-refractivity contribution in [1.29, 1.82) is 0 Å². The van der Waals surface area contributed by atoms with Crippen LogP contribution in [-0.4, -0.2) is 62.6 Å². The molecular weight excluding hydrogens is 589 g/mol. The van der Waals surface area contributed by atoms with E-state index in [0.29, 0.717) is 46.0 Å². The Morgan fingerprint density at radius 3 is 2.51 bits per heavy atom. The van der Waals surface area contributed by atoms with Crippen LogP contribution in [0.25, 0.3) is 0 Å². The van der Waals surface area contributed by atoms with Crippen LogP contribution in [0.1, 0.15) is 78.9 Å². The molecule has 1 fully saturated rings. The minimum absolute atomic E-state index is 0.160. The molecule has 0 radical (unpaired) electrons. The smallest absolute Gasteiger partial charge is 0.305 e. The van der Waals surface area contributed by atoms with E-state index in [-0.39, 0.29) is 37.4 Å². The molecule has 0 unspecified atom stereocenters. The molecule has 1 aliphatic carbocycles. The molecule has 41 heavy (non-hydrogen) atoms. The fourth-order valence-corrected chi connectivity index (χ4v) is 7.26. The summed E-state index contributed by atoms with van der Waals surface area (Å²) in [7, 11) is -3.57. The lowest BCUT2D eigenvalue weighted by atomic mass is 9.76. The summed E-state index contributed by atoms with van der Waals surface area (Å²) in [4.78, 5) is 41.7. The van der Waals surface area contributed by atoms with Gasteiger partial charge >= 0.3 is 5.97 Å². The molecule has 1 heterocycles. The highest BCUT2D eigenvalue weighted by Crippen LogP contribution is 2.47. The Balaban J connectivity index is 1.79. The minimum Gasteiger partial charge on any atom is -0.466 e. The highest BCUT2D eigenvalue weighted by molar-refractivity contribution is 7.88. The number of carbonyl (C=O) groups is 3. The number of hydrogen-bond acceptors (Lipinski definition) is 6. The maximum absolute atomic E-state index is 14.3. The second-order valence-electron chi connectivity index (χ2n) is 10.4. The molecule has 9 nitrogen and oxygen atoms in total. The first-order valence-corrected chi connectivity index (χ1v) is 16.4. The van der Waals surface area contributed by atoms with Gasteiger partial charge in [0.15, 0.2) is 0 Å². The number of sulfonamides is 1. The lowest BCUT2D eigenvalue weighted by Gasteiger charge is -2.49. The number of fused-ring (bicyclic) bond motifs is 1. The van der Waals surface area contributed by atoms with Crippen molar-refractivity contribution in [1.82, 2.24) is 14.9 Å². The number of amides is 2. The van der Waals surface area contributed by atoms with Gasteiger partial charge in [0, 0.05) is 40.7 Å². The zero-order chi connectivity index (χ0) is 29.7. The summed E-state index contributed by atoms with van der Waals surface area (Å²) in [6, 6.07) is 10.0. The lowest BCUT2D eigenvalue weighted by molar-refractivity contribution is -0.143. The summed E-state index contributed by atoms with van der Waals surface area (Å²) in [6.45, 7) is 2.25. The van der Waals surface area contributed by atoms with E-state index in [1.165, 1.54) is 0 Å². The quantitative estimate of drug-likeness (QED) is 0.295. The number of ether oxygens (including phenoxy) is 1. The predicted octanol–water partition coefficient (Wildman–Crippen LogP) is 4.59. The standard InChI is InChI=1S/C29H35Cl2N3O6S/c1-3-40-25(35)13-8-16-32-28(36)26-19-9-4-5-10-20(19)29(37)34(27(26)21-15-14-18(30)17-22(21)31)24-12-7-6-11-23(24)33-41(2,38)39/h4-5,9-10,14-15,17,23-24,26-27,33H,3,6-8,11-13,16H2,1-2H3,(H,32,36)/t23-,24-,26+,27-/m0/s1. The highest BCUT2D eigenvalue weighted by Gasteiger charge is 2.49. The Kier molecular flexibility index (Phi) is 10.3. The Hall–Kier alpha value is -2.66. The molecule has 4 rings (SSSR count). The van der Waals surface area contributed by atoms with Gasteiger partial charge < -0.3 is 15.0 Å². The Morgan fingerprint density at radius 1 is 1.07 bits per heavy atom. The van der Waals surface area contributed by atoms with E-state index in [1.807, 2.05) is 0 Å². The Morgan fingerprint density at radius 2 is 1.80 bits per heavy atom. The molecule has 2 aromatic rings. The van der Waals surface area contributed by atoms with Crippen molar-refractivity contribution in [2.75, 3.05) is 19.4 Å². The summed E-state index contributed by atoms with van der Waals surface area (Å²) in [5.74, 6) is -1.83. The lowest BCUT2D eigenvalue weighted by Crippen LogP contribution is -2.59. The van der Waals surface area contributed by atoms with Gasteiger partial charge in [0.2, 0.25) is 15.9 Å². The maximum Gasteiger partial charge on any atom is 0.305 e. The molecule has 1 saturated carbocycles. The summed E-state index contributed by atoms with van der Waals surface area (Å²) in [5.41, 5.74) is 1.47. The molecule has 0 aromatic heterocycles. The third-order valence-corrected chi connectivity index (χ3v) is 8.85. The van der Waals surface area contributed by atoms with Crippen LogP contribution in [0.15, 0.2) is 42.5 Å². The molecule has 12 heteroatoms. The molecule has 2 aromatic carbocycles. The van der Waals surface area contributed by atoms with E-state index < -0.39 is 34.1 Å². The van der Waals surface area contributed by atoms with Gasteiger partial charge in [-0.05, 0) is 55.5 Å². The summed E-state index contributed by atoms with van der Waals surface area (Å²) in [6.07, 6.45) is 4.35. The van der Waals surface area contributed by atoms with Gasteiger partial charge in [-0.1, -0.05) is 60.3 Å². The van der Waals surface area contributed by atoms with Gasteiger partial charge in [0.25, 0.3) is 5.91 Å². The van der Waals surface area contributed by atoms with Crippen molar-refractivity contribution in [3.8, 4) is 0 Å². The molecule has 0 saturated heterocycles. The van der Waals surface area contributed by atoms with E-state index in [4.69, 9.17) is 27.9 Å². The maximum atomic E-state index is 14.3. The number of halogens is 2. The molecule has 2 amide bonds. The first kappa shape index (κ1) is 31.3. The first-order chi connectivity index (χ1) is 19.5. The Bertz CT molecular complexity index is 1400. The van der Waals surface area contributed by atoms with Gasteiger partial charge in [0.1, 0.15) is 0 Å². The fraction of sp³-hybridized carbons (Fsp3) is 0.483. The number of benzene rings is 2. The van der Waals surface area contributed by atoms with Gasteiger partial charge in [-0.15, -0.1) is 0 Å². The average molecular weight is 625 g/mol. The second-order valence-corrected chi connectivity index (χ2v) is 13.1. The normalized spacial score (nSPS) is 22.6. The van der Waals surface area contributed by atoms with E-state index in [0.717, 1.165) is 19.1 Å². The molecule has 1 aliphatic heterocycles. The number of nitrogens with zero attached hydrogens (tertiary/aromatic N) is 1. The highest BCUT2D eigenvalue weighted by atomic mass is 35.5. The van der Waals surface area contributed by atoms with Crippen LogP contribution in [0.3, 0.4) is 0 Å². The summed E-state index contributed by atoms with van der Waals surface area (Å²) >= 11 is 12.9. The van der Waals surface area contributed by atoms with Gasteiger partial charge in [-0.2, -0.15) is 0 Å².